The molecule has 0 atom stereocenters. The lowest BCUT2D eigenvalue weighted by atomic mass is 9.86. The van der Waals surface area contributed by atoms with Crippen LogP contribution in [0.15, 0.2) is 102 Å². The average Bonchev–Trinajstić information content (AvgIpc) is 3.42. The van der Waals surface area contributed by atoms with Crippen molar-refractivity contribution >= 4 is 43.5 Å². The summed E-state index contributed by atoms with van der Waals surface area (Å²) in [4.78, 5) is 4.59. The van der Waals surface area contributed by atoms with Crippen LogP contribution in [-0.4, -0.2) is 4.98 Å². The fourth-order valence-electron chi connectivity index (χ4n) is 5.66. The first-order chi connectivity index (χ1) is 22.5. The van der Waals surface area contributed by atoms with Crippen LogP contribution < -0.4 is 0 Å². The average molecular weight is 528 g/mol. The first kappa shape index (κ1) is 17.3. The van der Waals surface area contributed by atoms with Crippen LogP contribution >= 0.6 is 0 Å². The molecule has 0 aliphatic rings. The highest BCUT2D eigenvalue weighted by molar-refractivity contribution is 6.23. The van der Waals surface area contributed by atoms with Gasteiger partial charge in [0, 0.05) is 38.9 Å². The minimum atomic E-state index is -2.66. The number of aromatic nitrogens is 1. The molecule has 40 heavy (non-hydrogen) atoms. The molecule has 2 nitrogen and oxygen atoms in total. The van der Waals surface area contributed by atoms with Crippen molar-refractivity contribution in [2.45, 2.75) is 40.8 Å². The molecule has 0 unspecified atom stereocenters. The monoisotopic (exact) mass is 527 g/mol. The number of nitrogens with zero attached hydrogens (tertiary/aromatic N) is 1. The van der Waals surface area contributed by atoms with Gasteiger partial charge in [-0.25, -0.2) is 0 Å². The Kier molecular flexibility index (Phi) is 3.92. The van der Waals surface area contributed by atoms with Crippen molar-refractivity contribution in [3.05, 3.63) is 114 Å². The van der Waals surface area contributed by atoms with Crippen LogP contribution in [0.2, 0.25) is 0 Å². The second kappa shape index (κ2) is 9.06. The molecule has 0 saturated carbocycles. The van der Waals surface area contributed by atoms with Crippen LogP contribution in [0, 0.1) is 19.1 Å². The third-order valence-electron chi connectivity index (χ3n) is 7.38. The van der Waals surface area contributed by atoms with Crippen LogP contribution in [0.4, 0.5) is 0 Å². The number of aryl methyl sites for hydroxylation is 2. The Morgan fingerprint density at radius 3 is 2.33 bits per heavy atom. The number of para-hydroxylation sites is 1. The molecular formula is C38H33NO. The molecule has 0 amide bonds. The Morgan fingerprint density at radius 1 is 0.700 bits per heavy atom. The van der Waals surface area contributed by atoms with E-state index < -0.39 is 25.5 Å². The zero-order valence-electron chi connectivity index (χ0n) is 30.6. The van der Waals surface area contributed by atoms with Crippen LogP contribution in [0.3, 0.4) is 0 Å². The van der Waals surface area contributed by atoms with Gasteiger partial charge in [0.15, 0.2) is 0 Å². The highest BCUT2D eigenvalue weighted by Crippen LogP contribution is 2.41. The Bertz CT molecular complexity index is 2390. The maximum Gasteiger partial charge on any atom is 0.144 e. The van der Waals surface area contributed by atoms with Crippen molar-refractivity contribution < 1.29 is 15.4 Å². The van der Waals surface area contributed by atoms with Gasteiger partial charge < -0.3 is 4.42 Å². The first-order valence-corrected chi connectivity index (χ1v) is 13.4. The van der Waals surface area contributed by atoms with Gasteiger partial charge in [0.2, 0.25) is 0 Å². The summed E-state index contributed by atoms with van der Waals surface area (Å²) >= 11 is 0. The molecule has 0 spiro atoms. The smallest absolute Gasteiger partial charge is 0.144 e. The third-order valence-corrected chi connectivity index (χ3v) is 7.38. The van der Waals surface area contributed by atoms with E-state index in [0.29, 0.717) is 16.8 Å². The summed E-state index contributed by atoms with van der Waals surface area (Å²) in [6.07, 6.45) is -0.568. The quantitative estimate of drug-likeness (QED) is 0.214. The molecular weight excluding hydrogens is 486 g/mol. The Morgan fingerprint density at radius 2 is 1.48 bits per heavy atom. The van der Waals surface area contributed by atoms with Crippen LogP contribution in [0.5, 0.6) is 0 Å². The van der Waals surface area contributed by atoms with Crippen molar-refractivity contribution in [3.8, 4) is 22.4 Å². The topological polar surface area (TPSA) is 26.0 Å². The molecule has 0 aliphatic heterocycles. The van der Waals surface area contributed by atoms with Crippen molar-refractivity contribution in [3.63, 3.8) is 0 Å². The normalized spacial score (nSPS) is 16.2. The predicted octanol–water partition coefficient (Wildman–Crippen LogP) is 10.8. The predicted molar refractivity (Wildman–Crippen MR) is 170 cm³/mol. The van der Waals surface area contributed by atoms with E-state index in [1.54, 1.807) is 32.9 Å². The van der Waals surface area contributed by atoms with E-state index in [0.717, 1.165) is 37.9 Å². The summed E-state index contributed by atoms with van der Waals surface area (Å²) < 4.78 is 74.3. The number of rotatable bonds is 3. The summed E-state index contributed by atoms with van der Waals surface area (Å²) in [6, 6.07) is 28.2. The molecule has 7 rings (SSSR count). The fourth-order valence-corrected chi connectivity index (χ4v) is 5.66. The number of benzene rings is 5. The first-order valence-electron chi connectivity index (χ1n) is 17.4. The van der Waals surface area contributed by atoms with Gasteiger partial charge in [0.1, 0.15) is 11.2 Å². The highest BCUT2D eigenvalue weighted by atomic mass is 16.3. The summed E-state index contributed by atoms with van der Waals surface area (Å²) in [5.41, 5.74) is 1.91. The highest BCUT2D eigenvalue weighted by Gasteiger charge is 2.18. The van der Waals surface area contributed by atoms with E-state index >= 15 is 0 Å². The Hall–Kier alpha value is -4.43. The molecule has 0 N–H and O–H groups in total. The standard InChI is InChI=1S/C38H33NO/c1-23-19-25(21-38(3,4)5)13-17-28(23)33-20-34(39-22-24(33)2)32-12-8-11-30-31-18-16-27-15-14-26-9-6-7-10-29(26)35(27)37(31)40-36(30)32/h6-20,22H,21H2,1-5H3/i1D3,2D3,21D2. The minimum Gasteiger partial charge on any atom is -0.455 e. The van der Waals surface area contributed by atoms with E-state index in [4.69, 9.17) is 15.4 Å². The minimum absolute atomic E-state index is 0.0995. The van der Waals surface area contributed by atoms with Crippen molar-refractivity contribution in [1.29, 1.82) is 0 Å². The van der Waals surface area contributed by atoms with E-state index in [2.05, 4.69) is 35.3 Å². The van der Waals surface area contributed by atoms with Gasteiger partial charge >= 0.3 is 0 Å². The van der Waals surface area contributed by atoms with Crippen molar-refractivity contribution in [2.75, 3.05) is 0 Å². The van der Waals surface area contributed by atoms with Crippen LogP contribution in [0.25, 0.3) is 65.9 Å². The summed E-state index contributed by atoms with van der Waals surface area (Å²) in [5.74, 6) is 0. The van der Waals surface area contributed by atoms with Crippen molar-refractivity contribution in [2.24, 2.45) is 5.41 Å². The second-order valence-corrected chi connectivity index (χ2v) is 11.4. The zero-order chi connectivity index (χ0) is 34.4. The molecule has 2 heteroatoms. The number of hydrogen-bond acceptors (Lipinski definition) is 2. The molecule has 0 fully saturated rings. The van der Waals surface area contributed by atoms with E-state index in [1.165, 1.54) is 18.3 Å². The Balaban J connectivity index is 1.49. The molecule has 196 valence electrons. The van der Waals surface area contributed by atoms with Gasteiger partial charge in [0.05, 0.1) is 5.69 Å². The van der Waals surface area contributed by atoms with E-state index in [-0.39, 0.29) is 27.8 Å². The summed E-state index contributed by atoms with van der Waals surface area (Å²) in [5, 5.41) is 6.01. The molecule has 0 radical (unpaired) electrons. The molecule has 0 bridgehead atoms. The van der Waals surface area contributed by atoms with Crippen LogP contribution in [0.1, 0.15) is 48.4 Å². The lowest BCUT2D eigenvalue weighted by Gasteiger charge is -2.19. The maximum absolute atomic E-state index is 8.77. The molecule has 2 aromatic heterocycles. The van der Waals surface area contributed by atoms with Crippen LogP contribution in [-0.2, 0) is 6.37 Å². The van der Waals surface area contributed by atoms with Gasteiger partial charge in [-0.15, -0.1) is 0 Å². The molecule has 2 heterocycles. The Labute approximate surface area is 246 Å². The summed E-state index contributed by atoms with van der Waals surface area (Å²) in [6.45, 7) is -0.000533. The number of hydrogen-bond donors (Lipinski definition) is 0. The lowest BCUT2D eigenvalue weighted by Crippen LogP contribution is -2.09. The maximum atomic E-state index is 8.77. The fraction of sp³-hybridized carbons (Fsp3) is 0.184. The number of pyridine rings is 1. The second-order valence-electron chi connectivity index (χ2n) is 11.4. The number of fused-ring (bicyclic) bond motifs is 7. The number of furan rings is 1. The van der Waals surface area contributed by atoms with E-state index in [1.807, 2.05) is 36.4 Å². The molecule has 0 aliphatic carbocycles. The molecule has 7 aromatic rings. The molecule has 0 saturated heterocycles. The van der Waals surface area contributed by atoms with Crippen molar-refractivity contribution in [1.82, 2.24) is 4.98 Å². The van der Waals surface area contributed by atoms with Gasteiger partial charge in [-0.2, -0.15) is 0 Å². The van der Waals surface area contributed by atoms with Gasteiger partial charge in [-0.05, 0) is 87.7 Å². The van der Waals surface area contributed by atoms with Gasteiger partial charge in [0.25, 0.3) is 0 Å². The zero-order valence-corrected chi connectivity index (χ0v) is 22.6. The van der Waals surface area contributed by atoms with E-state index in [9.17, 15) is 0 Å². The SMILES string of the molecule is [2H]C([2H])([2H])c1cnc(-c2cccc3c2oc2c3ccc3ccc4ccccc4c32)cc1-c1ccc(C([2H])([2H])C(C)(C)C)cc1C([2H])([2H])[2H]. The van der Waals surface area contributed by atoms with Gasteiger partial charge in [-0.3, -0.25) is 4.98 Å². The lowest BCUT2D eigenvalue weighted by molar-refractivity contribution is 0.411. The molecule has 5 aromatic carbocycles. The third kappa shape index (κ3) is 4.07. The largest absolute Gasteiger partial charge is 0.455 e. The van der Waals surface area contributed by atoms with Gasteiger partial charge in [-0.1, -0.05) is 93.6 Å². The summed E-state index contributed by atoms with van der Waals surface area (Å²) in [7, 11) is 0.